The Kier molecular flexibility index (Phi) is 5.79. The van der Waals surface area contributed by atoms with Crippen molar-refractivity contribution in [3.8, 4) is 5.75 Å². The maximum atomic E-state index is 13.6. The smallest absolute Gasteiger partial charge is 0.133 e. The normalized spacial score (nSPS) is 12.2. The zero-order chi connectivity index (χ0) is 15.4. The Morgan fingerprint density at radius 3 is 2.52 bits per heavy atom. The van der Waals surface area contributed by atoms with Crippen LogP contribution in [0.3, 0.4) is 0 Å². The van der Waals surface area contributed by atoms with Gasteiger partial charge in [-0.2, -0.15) is 0 Å². The molecule has 2 aromatic rings. The van der Waals surface area contributed by atoms with Crippen LogP contribution in [-0.4, -0.2) is 13.7 Å². The van der Waals surface area contributed by atoms with Gasteiger partial charge in [-0.3, -0.25) is 0 Å². The lowest BCUT2D eigenvalue weighted by atomic mass is 9.98. The number of hydrogen-bond donors (Lipinski definition) is 1. The van der Waals surface area contributed by atoms with Crippen molar-refractivity contribution in [1.29, 1.82) is 0 Å². The molecule has 0 spiro atoms. The lowest BCUT2D eigenvalue weighted by Crippen LogP contribution is -2.22. The van der Waals surface area contributed by atoms with Crippen LogP contribution in [-0.2, 0) is 0 Å². The van der Waals surface area contributed by atoms with Crippen LogP contribution in [0, 0.1) is 5.82 Å². The summed E-state index contributed by atoms with van der Waals surface area (Å²) in [6.07, 6.45) is 0. The second kappa shape index (κ2) is 7.38. The van der Waals surface area contributed by atoms with Crippen LogP contribution in [0.25, 0.3) is 0 Å². The minimum atomic E-state index is -0.247. The Morgan fingerprint density at radius 2 is 1.90 bits per heavy atom. The molecule has 0 amide bonds. The molecule has 0 radical (unpaired) electrons. The SMILES string of the molecule is CCNC(c1ccc(OC)c(Br)c1)c1cc(F)ccc1Br. The summed E-state index contributed by atoms with van der Waals surface area (Å²) in [4.78, 5) is 0. The standard InChI is InChI=1S/C16H16Br2FNO/c1-3-20-16(12-9-11(19)5-6-13(12)17)10-4-7-15(21-2)14(18)8-10/h4-9,16,20H,3H2,1-2H3. The number of halogens is 3. The first-order chi connectivity index (χ1) is 10.1. The summed E-state index contributed by atoms with van der Waals surface area (Å²) in [6.45, 7) is 2.80. The Labute approximate surface area is 141 Å². The molecule has 0 aliphatic rings. The van der Waals surface area contributed by atoms with Crippen LogP contribution < -0.4 is 10.1 Å². The van der Waals surface area contributed by atoms with Gasteiger partial charge in [-0.05, 0) is 63.9 Å². The van der Waals surface area contributed by atoms with Gasteiger partial charge in [0.1, 0.15) is 11.6 Å². The zero-order valence-corrected chi connectivity index (χ0v) is 15.0. The Bertz CT molecular complexity index is 634. The van der Waals surface area contributed by atoms with E-state index < -0.39 is 0 Å². The highest BCUT2D eigenvalue weighted by Gasteiger charge is 2.18. The van der Waals surface area contributed by atoms with Crippen LogP contribution >= 0.6 is 31.9 Å². The van der Waals surface area contributed by atoms with Crippen molar-refractivity contribution in [1.82, 2.24) is 5.32 Å². The number of ether oxygens (including phenoxy) is 1. The van der Waals surface area contributed by atoms with Gasteiger partial charge >= 0.3 is 0 Å². The highest BCUT2D eigenvalue weighted by Crippen LogP contribution is 2.33. The van der Waals surface area contributed by atoms with Crippen molar-refractivity contribution in [2.75, 3.05) is 13.7 Å². The Morgan fingerprint density at radius 1 is 1.14 bits per heavy atom. The molecular weight excluding hydrogens is 401 g/mol. The van der Waals surface area contributed by atoms with Gasteiger partial charge < -0.3 is 10.1 Å². The van der Waals surface area contributed by atoms with Crippen molar-refractivity contribution in [2.45, 2.75) is 13.0 Å². The van der Waals surface area contributed by atoms with E-state index in [1.165, 1.54) is 6.07 Å². The summed E-state index contributed by atoms with van der Waals surface area (Å²) in [7, 11) is 1.63. The summed E-state index contributed by atoms with van der Waals surface area (Å²) < 4.78 is 20.6. The fourth-order valence-corrected chi connectivity index (χ4v) is 3.24. The molecule has 5 heteroatoms. The van der Waals surface area contributed by atoms with Crippen LogP contribution in [0.1, 0.15) is 24.1 Å². The lowest BCUT2D eigenvalue weighted by molar-refractivity contribution is 0.411. The maximum absolute atomic E-state index is 13.6. The van der Waals surface area contributed by atoms with E-state index in [0.717, 1.165) is 32.4 Å². The summed E-state index contributed by atoms with van der Waals surface area (Å²) in [5.74, 6) is 0.524. The molecule has 0 heterocycles. The van der Waals surface area contributed by atoms with E-state index in [2.05, 4.69) is 37.2 Å². The van der Waals surface area contributed by atoms with E-state index >= 15 is 0 Å². The fraction of sp³-hybridized carbons (Fsp3) is 0.250. The topological polar surface area (TPSA) is 21.3 Å². The molecule has 2 rings (SSSR count). The second-order valence-corrected chi connectivity index (χ2v) is 6.26. The maximum Gasteiger partial charge on any atom is 0.133 e. The van der Waals surface area contributed by atoms with E-state index in [1.807, 2.05) is 25.1 Å². The van der Waals surface area contributed by atoms with E-state index in [-0.39, 0.29) is 11.9 Å². The first kappa shape index (κ1) is 16.5. The first-order valence-corrected chi connectivity index (χ1v) is 8.17. The van der Waals surface area contributed by atoms with Crippen LogP contribution in [0.2, 0.25) is 0 Å². The molecule has 112 valence electrons. The van der Waals surface area contributed by atoms with Crippen LogP contribution in [0.15, 0.2) is 45.3 Å². The molecule has 0 aliphatic heterocycles. The minimum absolute atomic E-state index is 0.0951. The molecule has 1 atom stereocenters. The minimum Gasteiger partial charge on any atom is -0.496 e. The molecular formula is C16H16Br2FNO. The molecule has 0 saturated carbocycles. The summed E-state index contributed by atoms with van der Waals surface area (Å²) in [5.41, 5.74) is 1.91. The van der Waals surface area contributed by atoms with Gasteiger partial charge in [0.15, 0.2) is 0 Å². The summed E-state index contributed by atoms with van der Waals surface area (Å²) in [5, 5.41) is 3.39. The number of nitrogens with one attached hydrogen (secondary N) is 1. The third-order valence-electron chi connectivity index (χ3n) is 3.19. The van der Waals surface area contributed by atoms with E-state index in [0.29, 0.717) is 0 Å². The monoisotopic (exact) mass is 415 g/mol. The largest absolute Gasteiger partial charge is 0.496 e. The Balaban J connectivity index is 2.48. The molecule has 2 aromatic carbocycles. The van der Waals surface area contributed by atoms with Gasteiger partial charge in [0.25, 0.3) is 0 Å². The third-order valence-corrected chi connectivity index (χ3v) is 4.53. The predicted octanol–water partition coefficient (Wildman–Crippen LogP) is 5.06. The Hall–Kier alpha value is -0.910. The fourth-order valence-electron chi connectivity index (χ4n) is 2.21. The van der Waals surface area contributed by atoms with Crippen molar-refractivity contribution >= 4 is 31.9 Å². The lowest BCUT2D eigenvalue weighted by Gasteiger charge is -2.21. The number of rotatable bonds is 5. The van der Waals surface area contributed by atoms with Crippen molar-refractivity contribution < 1.29 is 9.13 Å². The number of methoxy groups -OCH3 is 1. The van der Waals surface area contributed by atoms with Gasteiger partial charge in [-0.1, -0.05) is 28.9 Å². The number of hydrogen-bond acceptors (Lipinski definition) is 2. The van der Waals surface area contributed by atoms with Crippen molar-refractivity contribution in [2.24, 2.45) is 0 Å². The predicted molar refractivity (Wildman–Crippen MR) is 90.3 cm³/mol. The average molecular weight is 417 g/mol. The molecule has 0 bridgehead atoms. The molecule has 0 saturated heterocycles. The van der Waals surface area contributed by atoms with E-state index in [1.54, 1.807) is 19.2 Å². The van der Waals surface area contributed by atoms with Crippen LogP contribution in [0.5, 0.6) is 5.75 Å². The van der Waals surface area contributed by atoms with Gasteiger partial charge in [-0.15, -0.1) is 0 Å². The van der Waals surface area contributed by atoms with E-state index in [4.69, 9.17) is 4.74 Å². The van der Waals surface area contributed by atoms with Gasteiger partial charge in [0.05, 0.1) is 17.6 Å². The highest BCUT2D eigenvalue weighted by molar-refractivity contribution is 9.10. The number of benzene rings is 2. The zero-order valence-electron chi connectivity index (χ0n) is 11.8. The molecule has 0 aromatic heterocycles. The highest BCUT2D eigenvalue weighted by atomic mass is 79.9. The first-order valence-electron chi connectivity index (χ1n) is 6.58. The van der Waals surface area contributed by atoms with Gasteiger partial charge in [0.2, 0.25) is 0 Å². The van der Waals surface area contributed by atoms with Gasteiger partial charge in [0, 0.05) is 4.47 Å². The quantitative estimate of drug-likeness (QED) is 0.735. The van der Waals surface area contributed by atoms with Crippen molar-refractivity contribution in [3.63, 3.8) is 0 Å². The van der Waals surface area contributed by atoms with E-state index in [9.17, 15) is 4.39 Å². The summed E-state index contributed by atoms with van der Waals surface area (Å²) >= 11 is 7.00. The summed E-state index contributed by atoms with van der Waals surface area (Å²) in [6, 6.07) is 10.5. The third kappa shape index (κ3) is 3.84. The molecule has 2 nitrogen and oxygen atoms in total. The van der Waals surface area contributed by atoms with Gasteiger partial charge in [-0.25, -0.2) is 4.39 Å². The average Bonchev–Trinajstić information content (AvgIpc) is 2.47. The molecule has 0 aliphatic carbocycles. The second-order valence-electron chi connectivity index (χ2n) is 4.55. The molecule has 0 fully saturated rings. The molecule has 1 N–H and O–H groups in total. The van der Waals surface area contributed by atoms with Crippen molar-refractivity contribution in [3.05, 3.63) is 62.3 Å². The molecule has 21 heavy (non-hydrogen) atoms. The molecule has 1 unspecified atom stereocenters. The van der Waals surface area contributed by atoms with Crippen LogP contribution in [0.4, 0.5) is 4.39 Å².